The van der Waals surface area contributed by atoms with Crippen LogP contribution in [0.25, 0.3) is 11.4 Å². The van der Waals surface area contributed by atoms with E-state index < -0.39 is 4.92 Å². The maximum atomic E-state index is 10.8. The molecule has 0 spiro atoms. The summed E-state index contributed by atoms with van der Waals surface area (Å²) in [6, 6.07) is 14.1. The molecule has 0 amide bonds. The summed E-state index contributed by atoms with van der Waals surface area (Å²) >= 11 is 1.50. The predicted octanol–water partition coefficient (Wildman–Crippen LogP) is 3.21. The first-order valence-electron chi connectivity index (χ1n) is 7.44. The molecule has 1 aliphatic heterocycles. The zero-order valence-corrected chi connectivity index (χ0v) is 13.9. The lowest BCUT2D eigenvalue weighted by molar-refractivity contribution is -0.384. The predicted molar refractivity (Wildman–Crippen MR) is 93.1 cm³/mol. The molecule has 0 fully saturated rings. The van der Waals surface area contributed by atoms with Gasteiger partial charge in [-0.3, -0.25) is 10.1 Å². The van der Waals surface area contributed by atoms with Crippen LogP contribution >= 0.6 is 11.8 Å². The summed E-state index contributed by atoms with van der Waals surface area (Å²) in [5.74, 6) is 1.37. The Hall–Kier alpha value is -3.07. The van der Waals surface area contributed by atoms with Crippen LogP contribution in [0.5, 0.6) is 5.75 Å². The first-order valence-corrected chi connectivity index (χ1v) is 8.31. The van der Waals surface area contributed by atoms with Crippen LogP contribution in [-0.4, -0.2) is 26.9 Å². The average Bonchev–Trinajstić information content (AvgIpc) is 3.22. The van der Waals surface area contributed by atoms with Gasteiger partial charge in [0.25, 0.3) is 5.69 Å². The third-order valence-corrected chi connectivity index (χ3v) is 4.95. The summed E-state index contributed by atoms with van der Waals surface area (Å²) in [5.41, 5.74) is 5.15. The summed E-state index contributed by atoms with van der Waals surface area (Å²) < 4.78 is 7.21. The number of nitrogens with one attached hydrogen (secondary N) is 1. The molecule has 0 aliphatic carbocycles. The molecule has 2 aromatic carbocycles. The largest absolute Gasteiger partial charge is 0.496 e. The number of para-hydroxylation sites is 1. The molecule has 0 saturated carbocycles. The Morgan fingerprint density at radius 1 is 1.20 bits per heavy atom. The fraction of sp³-hybridized carbons (Fsp3) is 0.125. The minimum absolute atomic E-state index is 0.0702. The van der Waals surface area contributed by atoms with Gasteiger partial charge >= 0.3 is 0 Å². The van der Waals surface area contributed by atoms with E-state index >= 15 is 0 Å². The van der Waals surface area contributed by atoms with Crippen LogP contribution in [0.2, 0.25) is 0 Å². The second kappa shape index (κ2) is 6.10. The minimum atomic E-state index is -0.409. The number of methoxy groups -OCH3 is 1. The van der Waals surface area contributed by atoms with Crippen molar-refractivity contribution in [1.82, 2.24) is 14.9 Å². The second-order valence-corrected chi connectivity index (χ2v) is 6.39. The maximum absolute atomic E-state index is 10.8. The SMILES string of the molecule is COc1ccccc1-c1nnc2n1N[C@H](c1ccc([N+](=O)[O-])cc1)S2. The van der Waals surface area contributed by atoms with Gasteiger partial charge in [-0.25, -0.2) is 4.68 Å². The van der Waals surface area contributed by atoms with Crippen LogP contribution in [0.15, 0.2) is 53.7 Å². The average molecular weight is 355 g/mol. The van der Waals surface area contributed by atoms with E-state index in [0.29, 0.717) is 11.6 Å². The van der Waals surface area contributed by atoms with Crippen LogP contribution in [0.3, 0.4) is 0 Å². The molecule has 0 radical (unpaired) electrons. The number of hydrogen-bond acceptors (Lipinski definition) is 7. The highest BCUT2D eigenvalue weighted by molar-refractivity contribution is 7.99. The van der Waals surface area contributed by atoms with Crippen LogP contribution in [0.4, 0.5) is 5.69 Å². The molecule has 8 nitrogen and oxygen atoms in total. The van der Waals surface area contributed by atoms with Gasteiger partial charge in [0.1, 0.15) is 11.1 Å². The van der Waals surface area contributed by atoms with Crippen molar-refractivity contribution in [2.45, 2.75) is 10.5 Å². The molecule has 126 valence electrons. The lowest BCUT2D eigenvalue weighted by atomic mass is 10.2. The minimum Gasteiger partial charge on any atom is -0.496 e. The fourth-order valence-corrected chi connectivity index (χ4v) is 3.62. The van der Waals surface area contributed by atoms with Gasteiger partial charge in [-0.05, 0) is 29.8 Å². The van der Waals surface area contributed by atoms with Crippen LogP contribution in [0, 0.1) is 10.1 Å². The first-order chi connectivity index (χ1) is 12.2. The zero-order chi connectivity index (χ0) is 17.4. The molecule has 1 aliphatic rings. The first kappa shape index (κ1) is 15.5. The van der Waals surface area contributed by atoms with E-state index in [0.717, 1.165) is 16.3 Å². The van der Waals surface area contributed by atoms with E-state index in [1.807, 2.05) is 28.9 Å². The number of aromatic nitrogens is 3. The van der Waals surface area contributed by atoms with E-state index in [1.54, 1.807) is 19.2 Å². The number of non-ortho nitro benzene ring substituents is 1. The molecule has 9 heteroatoms. The molecule has 0 unspecified atom stereocenters. The Morgan fingerprint density at radius 2 is 1.96 bits per heavy atom. The molecular formula is C16H13N5O3S. The molecule has 1 atom stereocenters. The van der Waals surface area contributed by atoms with Gasteiger partial charge in [0.2, 0.25) is 5.16 Å². The summed E-state index contributed by atoms with van der Waals surface area (Å²) in [7, 11) is 1.61. The smallest absolute Gasteiger partial charge is 0.269 e. The highest BCUT2D eigenvalue weighted by atomic mass is 32.2. The Kier molecular flexibility index (Phi) is 3.77. The zero-order valence-electron chi connectivity index (χ0n) is 13.1. The van der Waals surface area contributed by atoms with Crippen molar-refractivity contribution < 1.29 is 9.66 Å². The monoisotopic (exact) mass is 355 g/mol. The van der Waals surface area contributed by atoms with Crippen LogP contribution < -0.4 is 10.2 Å². The van der Waals surface area contributed by atoms with Crippen molar-refractivity contribution in [2.24, 2.45) is 0 Å². The third kappa shape index (κ3) is 2.68. The number of nitro groups is 1. The van der Waals surface area contributed by atoms with Gasteiger partial charge < -0.3 is 10.2 Å². The Bertz CT molecular complexity index is 941. The molecule has 1 N–H and O–H groups in total. The summed E-state index contributed by atoms with van der Waals surface area (Å²) in [4.78, 5) is 10.4. The Balaban J connectivity index is 1.64. The molecule has 4 rings (SSSR count). The number of benzene rings is 2. The Morgan fingerprint density at radius 3 is 2.68 bits per heavy atom. The maximum Gasteiger partial charge on any atom is 0.269 e. The van der Waals surface area contributed by atoms with E-state index in [9.17, 15) is 10.1 Å². The topological polar surface area (TPSA) is 95.1 Å². The summed E-state index contributed by atoms with van der Waals surface area (Å²) in [5, 5.41) is 19.9. The highest BCUT2D eigenvalue weighted by Crippen LogP contribution is 2.41. The van der Waals surface area contributed by atoms with Gasteiger partial charge in [-0.15, -0.1) is 10.2 Å². The quantitative estimate of drug-likeness (QED) is 0.567. The standard InChI is InChI=1S/C16H13N5O3S/c1-24-13-5-3-2-4-12(13)14-17-18-16-20(14)19-15(25-16)10-6-8-11(9-7-10)21(22)23/h2-9,15,19H,1H3/t15-/m0/s1. The van der Waals surface area contributed by atoms with Crippen molar-refractivity contribution >= 4 is 17.4 Å². The number of nitro benzene ring substituents is 1. The highest BCUT2D eigenvalue weighted by Gasteiger charge is 2.29. The number of fused-ring (bicyclic) bond motifs is 1. The lowest BCUT2D eigenvalue weighted by Gasteiger charge is -2.13. The van der Waals surface area contributed by atoms with Crippen molar-refractivity contribution in [2.75, 3.05) is 12.5 Å². The van der Waals surface area contributed by atoms with Crippen LogP contribution in [-0.2, 0) is 0 Å². The van der Waals surface area contributed by atoms with Crippen LogP contribution in [0.1, 0.15) is 10.9 Å². The Labute approximate surface area is 147 Å². The van der Waals surface area contributed by atoms with Crippen molar-refractivity contribution in [3.05, 3.63) is 64.2 Å². The van der Waals surface area contributed by atoms with E-state index in [2.05, 4.69) is 15.6 Å². The van der Waals surface area contributed by atoms with Gasteiger partial charge in [-0.1, -0.05) is 23.9 Å². The molecule has 3 aromatic rings. The van der Waals surface area contributed by atoms with Crippen molar-refractivity contribution in [3.63, 3.8) is 0 Å². The second-order valence-electron chi connectivity index (χ2n) is 5.32. The van der Waals surface area contributed by atoms with Gasteiger partial charge in [-0.2, -0.15) is 0 Å². The molecule has 2 heterocycles. The van der Waals surface area contributed by atoms with E-state index in [1.165, 1.54) is 23.9 Å². The van der Waals surface area contributed by atoms with Gasteiger partial charge in [0.05, 0.1) is 17.6 Å². The normalized spacial score (nSPS) is 15.5. The van der Waals surface area contributed by atoms with Crippen molar-refractivity contribution in [1.29, 1.82) is 0 Å². The molecule has 0 bridgehead atoms. The number of hydrogen-bond donors (Lipinski definition) is 1. The summed E-state index contributed by atoms with van der Waals surface area (Å²) in [6.07, 6.45) is 0. The van der Waals surface area contributed by atoms with Gasteiger partial charge in [0.15, 0.2) is 5.82 Å². The van der Waals surface area contributed by atoms with E-state index in [-0.39, 0.29) is 11.1 Å². The third-order valence-electron chi connectivity index (χ3n) is 3.86. The number of thioether (sulfide) groups is 1. The van der Waals surface area contributed by atoms with Gasteiger partial charge in [0, 0.05) is 12.1 Å². The molecule has 0 saturated heterocycles. The van der Waals surface area contributed by atoms with Crippen molar-refractivity contribution in [3.8, 4) is 17.1 Å². The summed E-state index contributed by atoms with van der Waals surface area (Å²) in [6.45, 7) is 0. The molecule has 25 heavy (non-hydrogen) atoms. The number of ether oxygens (including phenoxy) is 1. The molecule has 1 aromatic heterocycles. The fourth-order valence-electron chi connectivity index (χ4n) is 2.63. The number of rotatable bonds is 4. The van der Waals surface area contributed by atoms with E-state index in [4.69, 9.17) is 4.74 Å². The lowest BCUT2D eigenvalue weighted by Crippen LogP contribution is -2.14. The number of nitrogens with zero attached hydrogens (tertiary/aromatic N) is 4. The molecular weight excluding hydrogens is 342 g/mol.